The normalized spacial score (nSPS) is 13.8. The van der Waals surface area contributed by atoms with E-state index >= 15 is 0 Å². The highest BCUT2D eigenvalue weighted by Gasteiger charge is 2.15. The summed E-state index contributed by atoms with van der Waals surface area (Å²) in [7, 11) is 0. The van der Waals surface area contributed by atoms with Crippen molar-refractivity contribution in [2.75, 3.05) is 5.75 Å². The second-order valence-corrected chi connectivity index (χ2v) is 7.78. The van der Waals surface area contributed by atoms with Crippen LogP contribution in [-0.4, -0.2) is 21.7 Å². The molecule has 0 saturated heterocycles. The molecule has 1 nitrogen and oxygen atoms in total. The Morgan fingerprint density at radius 3 is 2.65 bits per heavy atom. The molecule has 1 unspecified atom stereocenters. The zero-order valence-electron chi connectivity index (χ0n) is 10.3. The number of aliphatic hydroxyl groups is 1. The summed E-state index contributed by atoms with van der Waals surface area (Å²) in [5, 5.41) is 9.88. The molecule has 0 amide bonds. The van der Waals surface area contributed by atoms with Gasteiger partial charge in [0.15, 0.2) is 0 Å². The van der Waals surface area contributed by atoms with Crippen LogP contribution in [0.2, 0.25) is 0 Å². The second-order valence-electron chi connectivity index (χ2n) is 5.02. The van der Waals surface area contributed by atoms with Crippen LogP contribution in [0, 0.1) is 5.82 Å². The van der Waals surface area contributed by atoms with Crippen molar-refractivity contribution in [1.82, 2.24) is 0 Å². The second kappa shape index (κ2) is 6.21. The van der Waals surface area contributed by atoms with Crippen LogP contribution in [0.1, 0.15) is 26.3 Å². The SMILES string of the molecule is CC(C)(C)SCC(O)Cc1cc(Br)ccc1F. The van der Waals surface area contributed by atoms with Crippen LogP contribution in [0.4, 0.5) is 4.39 Å². The van der Waals surface area contributed by atoms with E-state index in [1.807, 2.05) is 0 Å². The molecule has 0 spiro atoms. The molecule has 0 radical (unpaired) electrons. The van der Waals surface area contributed by atoms with E-state index in [2.05, 4.69) is 36.7 Å². The summed E-state index contributed by atoms with van der Waals surface area (Å²) in [5.74, 6) is 0.364. The van der Waals surface area contributed by atoms with Gasteiger partial charge in [0.2, 0.25) is 0 Å². The lowest BCUT2D eigenvalue weighted by Gasteiger charge is -2.20. The van der Waals surface area contributed by atoms with Crippen LogP contribution >= 0.6 is 27.7 Å². The molecule has 1 N–H and O–H groups in total. The molecule has 0 aliphatic heterocycles. The fourth-order valence-electron chi connectivity index (χ4n) is 1.36. The lowest BCUT2D eigenvalue weighted by molar-refractivity contribution is 0.198. The first-order chi connectivity index (χ1) is 7.78. The maximum atomic E-state index is 13.5. The van der Waals surface area contributed by atoms with Crippen LogP contribution in [-0.2, 0) is 6.42 Å². The molecule has 1 atom stereocenters. The molecule has 4 heteroatoms. The van der Waals surface area contributed by atoms with Gasteiger partial charge in [0.05, 0.1) is 6.10 Å². The Morgan fingerprint density at radius 2 is 2.06 bits per heavy atom. The fourth-order valence-corrected chi connectivity index (χ4v) is 2.58. The van der Waals surface area contributed by atoms with Crippen LogP contribution in [0.25, 0.3) is 0 Å². The highest BCUT2D eigenvalue weighted by Crippen LogP contribution is 2.25. The minimum absolute atomic E-state index is 0.122. The maximum Gasteiger partial charge on any atom is 0.126 e. The van der Waals surface area contributed by atoms with E-state index in [-0.39, 0.29) is 10.6 Å². The monoisotopic (exact) mass is 320 g/mol. The van der Waals surface area contributed by atoms with Crippen molar-refractivity contribution in [2.24, 2.45) is 0 Å². The third kappa shape index (κ3) is 5.89. The minimum Gasteiger partial charge on any atom is -0.392 e. The molecule has 0 aromatic heterocycles. The molecular formula is C13H18BrFOS. The van der Waals surface area contributed by atoms with Gasteiger partial charge in [-0.05, 0) is 23.8 Å². The Morgan fingerprint density at radius 1 is 1.41 bits per heavy atom. The molecule has 1 aromatic carbocycles. The molecule has 96 valence electrons. The van der Waals surface area contributed by atoms with Crippen LogP contribution in [0.5, 0.6) is 0 Å². The predicted octanol–water partition coefficient (Wildman–Crippen LogP) is 4.02. The van der Waals surface area contributed by atoms with Gasteiger partial charge in [0.1, 0.15) is 5.82 Å². The van der Waals surface area contributed by atoms with Gasteiger partial charge in [-0.1, -0.05) is 36.7 Å². The van der Waals surface area contributed by atoms with E-state index in [4.69, 9.17) is 0 Å². The van der Waals surface area contributed by atoms with Crippen LogP contribution in [0.15, 0.2) is 22.7 Å². The van der Waals surface area contributed by atoms with E-state index in [9.17, 15) is 9.50 Å². The quantitative estimate of drug-likeness (QED) is 0.904. The van der Waals surface area contributed by atoms with E-state index in [0.717, 1.165) is 4.47 Å². The summed E-state index contributed by atoms with van der Waals surface area (Å²) in [6.45, 7) is 6.30. The van der Waals surface area contributed by atoms with Gasteiger partial charge in [-0.15, -0.1) is 0 Å². The lowest BCUT2D eigenvalue weighted by atomic mass is 10.1. The molecule has 17 heavy (non-hydrogen) atoms. The third-order valence-corrected chi connectivity index (χ3v) is 4.08. The maximum absolute atomic E-state index is 13.5. The van der Waals surface area contributed by atoms with E-state index in [1.165, 1.54) is 6.07 Å². The molecule has 1 aromatic rings. The topological polar surface area (TPSA) is 20.2 Å². The smallest absolute Gasteiger partial charge is 0.126 e. The number of benzene rings is 1. The minimum atomic E-state index is -0.511. The van der Waals surface area contributed by atoms with Gasteiger partial charge in [0.25, 0.3) is 0 Å². The molecule has 0 aliphatic rings. The molecular weight excluding hydrogens is 303 g/mol. The van der Waals surface area contributed by atoms with Crippen molar-refractivity contribution in [2.45, 2.75) is 38.0 Å². The van der Waals surface area contributed by atoms with Gasteiger partial charge in [0, 0.05) is 21.4 Å². The summed E-state index contributed by atoms with van der Waals surface area (Å²) < 4.78 is 14.4. The Labute approximate surface area is 115 Å². The predicted molar refractivity (Wildman–Crippen MR) is 76.0 cm³/mol. The number of aliphatic hydroxyl groups excluding tert-OH is 1. The van der Waals surface area contributed by atoms with Crippen molar-refractivity contribution in [1.29, 1.82) is 0 Å². The first-order valence-corrected chi connectivity index (χ1v) is 7.32. The van der Waals surface area contributed by atoms with Crippen LogP contribution < -0.4 is 0 Å². The Bertz CT molecular complexity index is 376. The largest absolute Gasteiger partial charge is 0.392 e. The Hall–Kier alpha value is -0.0600. The molecule has 1 rings (SSSR count). The first-order valence-electron chi connectivity index (χ1n) is 5.54. The number of thioether (sulfide) groups is 1. The van der Waals surface area contributed by atoms with Gasteiger partial charge < -0.3 is 5.11 Å². The zero-order valence-corrected chi connectivity index (χ0v) is 12.7. The fraction of sp³-hybridized carbons (Fsp3) is 0.538. The van der Waals surface area contributed by atoms with Gasteiger partial charge in [-0.3, -0.25) is 0 Å². The van der Waals surface area contributed by atoms with Gasteiger partial charge >= 0.3 is 0 Å². The van der Waals surface area contributed by atoms with Crippen molar-refractivity contribution < 1.29 is 9.50 Å². The highest BCUT2D eigenvalue weighted by atomic mass is 79.9. The summed E-state index contributed by atoms with van der Waals surface area (Å²) in [4.78, 5) is 0. The molecule has 0 fully saturated rings. The van der Waals surface area contributed by atoms with Crippen LogP contribution in [0.3, 0.4) is 0 Å². The first kappa shape index (κ1) is 15.0. The van der Waals surface area contributed by atoms with Crippen molar-refractivity contribution in [3.05, 3.63) is 34.1 Å². The lowest BCUT2D eigenvalue weighted by Crippen LogP contribution is -2.19. The summed E-state index contributed by atoms with van der Waals surface area (Å²) in [6, 6.07) is 4.80. The summed E-state index contributed by atoms with van der Waals surface area (Å²) >= 11 is 4.99. The molecule has 0 heterocycles. The Balaban J connectivity index is 2.56. The number of halogens is 2. The third-order valence-electron chi connectivity index (χ3n) is 2.17. The molecule has 0 saturated carbocycles. The Kier molecular flexibility index (Phi) is 5.48. The summed E-state index contributed by atoms with van der Waals surface area (Å²) in [5.41, 5.74) is 0.557. The van der Waals surface area contributed by atoms with E-state index < -0.39 is 6.10 Å². The number of rotatable bonds is 4. The van der Waals surface area contributed by atoms with Gasteiger partial charge in [-0.25, -0.2) is 4.39 Å². The average molecular weight is 321 g/mol. The van der Waals surface area contributed by atoms with Gasteiger partial charge in [-0.2, -0.15) is 11.8 Å². The van der Waals surface area contributed by atoms with Crippen molar-refractivity contribution >= 4 is 27.7 Å². The molecule has 0 bridgehead atoms. The summed E-state index contributed by atoms with van der Waals surface area (Å²) in [6.07, 6.45) is -0.156. The number of hydrogen-bond acceptors (Lipinski definition) is 2. The zero-order chi connectivity index (χ0) is 13.1. The average Bonchev–Trinajstić information content (AvgIpc) is 2.20. The van der Waals surface area contributed by atoms with E-state index in [1.54, 1.807) is 23.9 Å². The standard InChI is InChI=1S/C13H18BrFOS/c1-13(2,3)17-8-11(16)7-9-6-10(14)4-5-12(9)15/h4-6,11,16H,7-8H2,1-3H3. The van der Waals surface area contributed by atoms with E-state index in [0.29, 0.717) is 17.7 Å². The molecule has 0 aliphatic carbocycles. The number of hydrogen-bond donors (Lipinski definition) is 1. The van der Waals surface area contributed by atoms with Crippen molar-refractivity contribution in [3.63, 3.8) is 0 Å². The highest BCUT2D eigenvalue weighted by molar-refractivity contribution is 9.10. The van der Waals surface area contributed by atoms with Crippen molar-refractivity contribution in [3.8, 4) is 0 Å².